The van der Waals surface area contributed by atoms with Crippen molar-refractivity contribution in [1.29, 1.82) is 0 Å². The molecule has 0 aliphatic heterocycles. The molecule has 1 rings (SSSR count). The van der Waals surface area contributed by atoms with Crippen molar-refractivity contribution in [2.45, 2.75) is 19.4 Å². The highest BCUT2D eigenvalue weighted by Gasteiger charge is 2.41. The Kier molecular flexibility index (Phi) is 3.37. The second-order valence-electron chi connectivity index (χ2n) is 3.73. The minimum Gasteiger partial charge on any atom is -0.479 e. The lowest BCUT2D eigenvalue weighted by atomic mass is 9.83. The predicted molar refractivity (Wildman–Crippen MR) is 57.8 cm³/mol. The van der Waals surface area contributed by atoms with Crippen LogP contribution in [-0.2, 0) is 10.4 Å². The van der Waals surface area contributed by atoms with E-state index >= 15 is 0 Å². The van der Waals surface area contributed by atoms with Crippen molar-refractivity contribution in [3.05, 3.63) is 34.9 Å². The van der Waals surface area contributed by atoms with Crippen LogP contribution in [-0.4, -0.2) is 16.2 Å². The lowest BCUT2D eigenvalue weighted by Crippen LogP contribution is -2.40. The van der Waals surface area contributed by atoms with Crippen LogP contribution in [0.25, 0.3) is 0 Å². The summed E-state index contributed by atoms with van der Waals surface area (Å²) >= 11 is 5.69. The minimum absolute atomic E-state index is 0.342. The molecular weight excluding hydrogens is 216 g/mol. The zero-order valence-corrected chi connectivity index (χ0v) is 9.32. The summed E-state index contributed by atoms with van der Waals surface area (Å²) in [5.74, 6) is -1.67. The van der Waals surface area contributed by atoms with Crippen molar-refractivity contribution >= 4 is 17.6 Å². The Morgan fingerprint density at radius 3 is 2.13 bits per heavy atom. The van der Waals surface area contributed by atoms with E-state index in [1.807, 2.05) is 0 Å². The lowest BCUT2D eigenvalue weighted by molar-refractivity contribution is -0.165. The van der Waals surface area contributed by atoms with E-state index < -0.39 is 17.5 Å². The number of hydrogen-bond donors (Lipinski definition) is 2. The van der Waals surface area contributed by atoms with Gasteiger partial charge in [0, 0.05) is 5.02 Å². The first-order valence-corrected chi connectivity index (χ1v) is 4.98. The summed E-state index contributed by atoms with van der Waals surface area (Å²) in [5.41, 5.74) is -1.51. The third kappa shape index (κ3) is 2.13. The molecule has 0 amide bonds. The van der Waals surface area contributed by atoms with E-state index in [4.69, 9.17) is 16.7 Å². The monoisotopic (exact) mass is 228 g/mol. The molecule has 0 saturated carbocycles. The average Bonchev–Trinajstić information content (AvgIpc) is 2.17. The molecule has 1 aromatic carbocycles. The number of aliphatic hydroxyl groups is 1. The van der Waals surface area contributed by atoms with Gasteiger partial charge in [-0.05, 0) is 23.6 Å². The first-order chi connectivity index (χ1) is 6.89. The third-order valence-corrected chi connectivity index (χ3v) is 2.70. The van der Waals surface area contributed by atoms with Gasteiger partial charge in [-0.2, -0.15) is 0 Å². The zero-order chi connectivity index (χ0) is 11.6. The topological polar surface area (TPSA) is 57.5 Å². The highest BCUT2D eigenvalue weighted by atomic mass is 35.5. The summed E-state index contributed by atoms with van der Waals surface area (Å²) in [6.07, 6.45) is 0. The van der Waals surface area contributed by atoms with E-state index in [1.165, 1.54) is 12.1 Å². The number of aliphatic carboxylic acids is 1. The fraction of sp³-hybridized carbons (Fsp3) is 0.364. The molecule has 4 heteroatoms. The zero-order valence-electron chi connectivity index (χ0n) is 8.57. The second kappa shape index (κ2) is 4.21. The average molecular weight is 229 g/mol. The quantitative estimate of drug-likeness (QED) is 0.835. The van der Waals surface area contributed by atoms with Crippen LogP contribution in [0.4, 0.5) is 0 Å². The molecule has 1 aromatic rings. The highest BCUT2D eigenvalue weighted by molar-refractivity contribution is 6.30. The van der Waals surface area contributed by atoms with E-state index in [9.17, 15) is 9.90 Å². The Bertz CT molecular complexity index is 359. The van der Waals surface area contributed by atoms with Crippen molar-refractivity contribution in [3.8, 4) is 0 Å². The molecule has 0 aliphatic rings. The summed E-state index contributed by atoms with van der Waals surface area (Å²) in [6, 6.07) is 6.17. The smallest absolute Gasteiger partial charge is 0.340 e. The van der Waals surface area contributed by atoms with Crippen molar-refractivity contribution in [1.82, 2.24) is 0 Å². The van der Waals surface area contributed by atoms with Crippen molar-refractivity contribution in [2.75, 3.05) is 0 Å². The molecule has 2 N–H and O–H groups in total. The molecular formula is C11H13ClO3. The number of carboxylic acids is 1. The van der Waals surface area contributed by atoms with Crippen LogP contribution in [0.1, 0.15) is 19.4 Å². The molecule has 0 spiro atoms. The molecule has 0 aliphatic carbocycles. The van der Waals surface area contributed by atoms with E-state index in [0.29, 0.717) is 10.6 Å². The number of carboxylic acid groups (broad SMARTS) is 1. The fourth-order valence-corrected chi connectivity index (χ4v) is 1.53. The van der Waals surface area contributed by atoms with Gasteiger partial charge in [-0.1, -0.05) is 37.6 Å². The van der Waals surface area contributed by atoms with Gasteiger partial charge in [0.25, 0.3) is 0 Å². The van der Waals surface area contributed by atoms with Gasteiger partial charge < -0.3 is 10.2 Å². The normalized spacial score (nSPS) is 15.0. The van der Waals surface area contributed by atoms with Gasteiger partial charge in [0.1, 0.15) is 0 Å². The second-order valence-corrected chi connectivity index (χ2v) is 4.17. The maximum atomic E-state index is 11.1. The van der Waals surface area contributed by atoms with Crippen molar-refractivity contribution in [2.24, 2.45) is 5.92 Å². The fourth-order valence-electron chi connectivity index (χ4n) is 1.41. The Morgan fingerprint density at radius 2 is 1.80 bits per heavy atom. The minimum atomic E-state index is -1.86. The van der Waals surface area contributed by atoms with Crippen LogP contribution in [0.15, 0.2) is 24.3 Å². The standard InChI is InChI=1S/C11H13ClO3/c1-7(2)11(15,10(13)14)8-3-5-9(12)6-4-8/h3-7,15H,1-2H3,(H,13,14). The summed E-state index contributed by atoms with van der Waals surface area (Å²) < 4.78 is 0. The Labute approximate surface area is 93.3 Å². The summed E-state index contributed by atoms with van der Waals surface area (Å²) in [7, 11) is 0. The molecule has 0 bridgehead atoms. The van der Waals surface area contributed by atoms with Crippen LogP contribution in [0.5, 0.6) is 0 Å². The molecule has 15 heavy (non-hydrogen) atoms. The molecule has 0 saturated heterocycles. The van der Waals surface area contributed by atoms with Gasteiger partial charge in [-0.15, -0.1) is 0 Å². The van der Waals surface area contributed by atoms with Gasteiger partial charge in [0.2, 0.25) is 0 Å². The molecule has 82 valence electrons. The van der Waals surface area contributed by atoms with Gasteiger partial charge in [-0.25, -0.2) is 4.79 Å². The number of rotatable bonds is 3. The molecule has 0 heterocycles. The van der Waals surface area contributed by atoms with Gasteiger partial charge in [0.05, 0.1) is 0 Å². The molecule has 0 radical (unpaired) electrons. The van der Waals surface area contributed by atoms with Crippen LogP contribution in [0.2, 0.25) is 5.02 Å². The van der Waals surface area contributed by atoms with Crippen LogP contribution >= 0.6 is 11.6 Å². The van der Waals surface area contributed by atoms with E-state index in [1.54, 1.807) is 26.0 Å². The Hall–Kier alpha value is -1.06. The van der Waals surface area contributed by atoms with Crippen LogP contribution < -0.4 is 0 Å². The molecule has 0 fully saturated rings. The largest absolute Gasteiger partial charge is 0.479 e. The highest BCUT2D eigenvalue weighted by Crippen LogP contribution is 2.30. The maximum Gasteiger partial charge on any atom is 0.340 e. The number of hydrogen-bond acceptors (Lipinski definition) is 2. The SMILES string of the molecule is CC(C)C(O)(C(=O)O)c1ccc(Cl)cc1. The summed E-state index contributed by atoms with van der Waals surface area (Å²) in [6.45, 7) is 3.31. The number of halogens is 1. The van der Waals surface area contributed by atoms with Gasteiger partial charge >= 0.3 is 5.97 Å². The first-order valence-electron chi connectivity index (χ1n) is 4.61. The van der Waals surface area contributed by atoms with Crippen molar-refractivity contribution < 1.29 is 15.0 Å². The summed E-state index contributed by atoms with van der Waals surface area (Å²) in [4.78, 5) is 11.1. The Balaban J connectivity index is 3.22. The lowest BCUT2D eigenvalue weighted by Gasteiger charge is -2.27. The first kappa shape index (κ1) is 12.0. The molecule has 0 aromatic heterocycles. The number of benzene rings is 1. The van der Waals surface area contributed by atoms with Gasteiger partial charge in [-0.3, -0.25) is 0 Å². The molecule has 3 nitrogen and oxygen atoms in total. The predicted octanol–water partition coefficient (Wildman–Crippen LogP) is 2.27. The van der Waals surface area contributed by atoms with Crippen molar-refractivity contribution in [3.63, 3.8) is 0 Å². The summed E-state index contributed by atoms with van der Waals surface area (Å²) in [5, 5.41) is 19.6. The maximum absolute atomic E-state index is 11.1. The van der Waals surface area contributed by atoms with Gasteiger partial charge in [0.15, 0.2) is 5.60 Å². The Morgan fingerprint density at radius 1 is 1.33 bits per heavy atom. The van der Waals surface area contributed by atoms with E-state index in [-0.39, 0.29) is 0 Å². The van der Waals surface area contributed by atoms with E-state index in [0.717, 1.165) is 0 Å². The molecule has 1 atom stereocenters. The number of carbonyl (C=O) groups is 1. The van der Waals surface area contributed by atoms with E-state index in [2.05, 4.69) is 0 Å². The molecule has 1 unspecified atom stereocenters. The van der Waals surface area contributed by atoms with Crippen LogP contribution in [0, 0.1) is 5.92 Å². The van der Waals surface area contributed by atoms with Crippen LogP contribution in [0.3, 0.4) is 0 Å². The third-order valence-electron chi connectivity index (χ3n) is 2.45.